The number of carbonyl (C=O) groups is 2. The topological polar surface area (TPSA) is 58.2 Å². The zero-order valence-corrected chi connectivity index (χ0v) is 12.3. The molecule has 0 atom stereocenters. The third-order valence-electron chi connectivity index (χ3n) is 2.98. The Bertz CT molecular complexity index is 654. The number of amides is 2. The summed E-state index contributed by atoms with van der Waals surface area (Å²) in [5, 5.41) is 5.89. The van der Waals surface area contributed by atoms with E-state index in [0.717, 1.165) is 5.56 Å². The summed E-state index contributed by atoms with van der Waals surface area (Å²) >= 11 is 5.85. The second-order valence-corrected chi connectivity index (χ2v) is 4.91. The minimum atomic E-state index is -0.187. The third kappa shape index (κ3) is 4.07. The molecule has 0 spiro atoms. The summed E-state index contributed by atoms with van der Waals surface area (Å²) in [6, 6.07) is 13.8. The van der Waals surface area contributed by atoms with Crippen molar-refractivity contribution in [1.29, 1.82) is 0 Å². The minimum absolute atomic E-state index is 0.135. The Kier molecular flexibility index (Phi) is 4.95. The van der Waals surface area contributed by atoms with Crippen molar-refractivity contribution in [2.45, 2.75) is 6.54 Å². The van der Waals surface area contributed by atoms with Gasteiger partial charge >= 0.3 is 0 Å². The maximum atomic E-state index is 12.0. The number of rotatable bonds is 4. The summed E-state index contributed by atoms with van der Waals surface area (Å²) in [6.45, 7) is 0.388. The molecule has 2 aromatic carbocycles. The molecular formula is C16H15ClN2O2. The standard InChI is InChI=1S/C16H15ClN2O2/c1-18-15(20)12-7-5-11(6-8-12)10-19-16(21)13-3-2-4-14(17)9-13/h2-9H,10H2,1H3,(H,18,20)(H,19,21). The average Bonchev–Trinajstić information content (AvgIpc) is 2.52. The quantitative estimate of drug-likeness (QED) is 0.912. The van der Waals surface area contributed by atoms with Gasteiger partial charge in [-0.1, -0.05) is 29.8 Å². The summed E-state index contributed by atoms with van der Waals surface area (Å²) in [6.07, 6.45) is 0. The van der Waals surface area contributed by atoms with Crippen molar-refractivity contribution in [3.8, 4) is 0 Å². The second-order valence-electron chi connectivity index (χ2n) is 4.47. The fourth-order valence-electron chi connectivity index (χ4n) is 1.83. The highest BCUT2D eigenvalue weighted by atomic mass is 35.5. The van der Waals surface area contributed by atoms with Gasteiger partial charge < -0.3 is 10.6 Å². The Morgan fingerprint density at radius 2 is 1.71 bits per heavy atom. The van der Waals surface area contributed by atoms with Gasteiger partial charge in [-0.25, -0.2) is 0 Å². The van der Waals surface area contributed by atoms with Gasteiger partial charge in [0.05, 0.1) is 0 Å². The van der Waals surface area contributed by atoms with Gasteiger partial charge in [0.1, 0.15) is 0 Å². The summed E-state index contributed by atoms with van der Waals surface area (Å²) in [7, 11) is 1.58. The van der Waals surface area contributed by atoms with E-state index in [-0.39, 0.29) is 11.8 Å². The number of halogens is 1. The van der Waals surface area contributed by atoms with Crippen LogP contribution in [0.3, 0.4) is 0 Å². The van der Waals surface area contributed by atoms with Gasteiger partial charge in [0.25, 0.3) is 11.8 Å². The largest absolute Gasteiger partial charge is 0.355 e. The molecule has 0 aromatic heterocycles. The molecule has 0 aliphatic heterocycles. The van der Waals surface area contributed by atoms with Crippen LogP contribution in [0.4, 0.5) is 0 Å². The zero-order chi connectivity index (χ0) is 15.2. The molecule has 0 saturated heterocycles. The van der Waals surface area contributed by atoms with Gasteiger partial charge in [-0.3, -0.25) is 9.59 Å². The summed E-state index contributed by atoms with van der Waals surface area (Å²) in [4.78, 5) is 23.4. The van der Waals surface area contributed by atoms with E-state index < -0.39 is 0 Å². The van der Waals surface area contributed by atoms with Crippen LogP contribution in [0.5, 0.6) is 0 Å². The molecule has 0 unspecified atom stereocenters. The first-order valence-corrected chi connectivity index (χ1v) is 6.83. The van der Waals surface area contributed by atoms with Crippen molar-refractivity contribution in [3.05, 3.63) is 70.2 Å². The van der Waals surface area contributed by atoms with Crippen molar-refractivity contribution in [3.63, 3.8) is 0 Å². The van der Waals surface area contributed by atoms with Crippen molar-refractivity contribution in [2.24, 2.45) is 0 Å². The highest BCUT2D eigenvalue weighted by Crippen LogP contribution is 2.11. The van der Waals surface area contributed by atoms with Crippen LogP contribution in [-0.4, -0.2) is 18.9 Å². The van der Waals surface area contributed by atoms with E-state index >= 15 is 0 Å². The fourth-order valence-corrected chi connectivity index (χ4v) is 2.02. The van der Waals surface area contributed by atoms with Crippen LogP contribution in [-0.2, 0) is 6.54 Å². The zero-order valence-electron chi connectivity index (χ0n) is 11.5. The molecule has 21 heavy (non-hydrogen) atoms. The van der Waals surface area contributed by atoms with Crippen LogP contribution >= 0.6 is 11.6 Å². The molecule has 0 heterocycles. The lowest BCUT2D eigenvalue weighted by Gasteiger charge is -2.06. The summed E-state index contributed by atoms with van der Waals surface area (Å²) in [5.41, 5.74) is 2.02. The van der Waals surface area contributed by atoms with Crippen molar-refractivity contribution in [1.82, 2.24) is 10.6 Å². The monoisotopic (exact) mass is 302 g/mol. The van der Waals surface area contributed by atoms with E-state index in [1.807, 2.05) is 12.1 Å². The highest BCUT2D eigenvalue weighted by Gasteiger charge is 2.06. The normalized spacial score (nSPS) is 10.0. The van der Waals surface area contributed by atoms with Crippen LogP contribution in [0.25, 0.3) is 0 Å². The summed E-state index contributed by atoms with van der Waals surface area (Å²) < 4.78 is 0. The maximum Gasteiger partial charge on any atom is 0.251 e. The SMILES string of the molecule is CNC(=O)c1ccc(CNC(=O)c2cccc(Cl)c2)cc1. The van der Waals surface area contributed by atoms with Crippen molar-refractivity contribution >= 4 is 23.4 Å². The molecule has 0 aliphatic carbocycles. The molecule has 2 amide bonds. The van der Waals surface area contributed by atoms with Gasteiger partial charge in [0.2, 0.25) is 0 Å². The predicted molar refractivity (Wildman–Crippen MR) is 82.5 cm³/mol. The molecule has 4 nitrogen and oxygen atoms in total. The van der Waals surface area contributed by atoms with Gasteiger partial charge in [0.15, 0.2) is 0 Å². The molecule has 5 heteroatoms. The van der Waals surface area contributed by atoms with Crippen LogP contribution in [0, 0.1) is 0 Å². The highest BCUT2D eigenvalue weighted by molar-refractivity contribution is 6.30. The molecule has 2 N–H and O–H groups in total. The Labute approximate surface area is 128 Å². The van der Waals surface area contributed by atoms with Crippen LogP contribution in [0.1, 0.15) is 26.3 Å². The van der Waals surface area contributed by atoms with E-state index in [4.69, 9.17) is 11.6 Å². The Morgan fingerprint density at radius 1 is 1.00 bits per heavy atom. The predicted octanol–water partition coefficient (Wildman–Crippen LogP) is 2.63. The number of carbonyl (C=O) groups excluding carboxylic acids is 2. The minimum Gasteiger partial charge on any atom is -0.355 e. The summed E-state index contributed by atoms with van der Waals surface area (Å²) in [5.74, 6) is -0.322. The van der Waals surface area contributed by atoms with Crippen molar-refractivity contribution < 1.29 is 9.59 Å². The molecule has 0 fully saturated rings. The van der Waals surface area contributed by atoms with E-state index in [2.05, 4.69) is 10.6 Å². The van der Waals surface area contributed by atoms with Crippen LogP contribution in [0.2, 0.25) is 5.02 Å². The van der Waals surface area contributed by atoms with Gasteiger partial charge in [-0.15, -0.1) is 0 Å². The molecule has 2 rings (SSSR count). The van der Waals surface area contributed by atoms with Gasteiger partial charge in [-0.05, 0) is 35.9 Å². The molecular weight excluding hydrogens is 288 g/mol. The molecule has 2 aromatic rings. The van der Waals surface area contributed by atoms with E-state index in [9.17, 15) is 9.59 Å². The Hall–Kier alpha value is -2.33. The van der Waals surface area contributed by atoms with E-state index in [1.54, 1.807) is 43.4 Å². The molecule has 0 saturated carbocycles. The molecule has 108 valence electrons. The molecule has 0 radical (unpaired) electrons. The van der Waals surface area contributed by atoms with Crippen LogP contribution < -0.4 is 10.6 Å². The number of nitrogens with one attached hydrogen (secondary N) is 2. The first-order valence-electron chi connectivity index (χ1n) is 6.45. The lowest BCUT2D eigenvalue weighted by atomic mass is 10.1. The first-order chi connectivity index (χ1) is 10.1. The van der Waals surface area contributed by atoms with Crippen LogP contribution in [0.15, 0.2) is 48.5 Å². The second kappa shape index (κ2) is 6.90. The van der Waals surface area contributed by atoms with E-state index in [0.29, 0.717) is 22.7 Å². The lowest BCUT2D eigenvalue weighted by molar-refractivity contribution is 0.0946. The number of hydrogen-bond donors (Lipinski definition) is 2. The Morgan fingerprint density at radius 3 is 2.33 bits per heavy atom. The lowest BCUT2D eigenvalue weighted by Crippen LogP contribution is -2.23. The van der Waals surface area contributed by atoms with Gasteiger partial charge in [-0.2, -0.15) is 0 Å². The maximum absolute atomic E-state index is 12.0. The smallest absolute Gasteiger partial charge is 0.251 e. The molecule has 0 bridgehead atoms. The third-order valence-corrected chi connectivity index (χ3v) is 3.22. The first kappa shape index (κ1) is 15.1. The number of benzene rings is 2. The Balaban J connectivity index is 1.97. The fraction of sp³-hybridized carbons (Fsp3) is 0.125. The van der Waals surface area contributed by atoms with Gasteiger partial charge in [0, 0.05) is 29.7 Å². The number of hydrogen-bond acceptors (Lipinski definition) is 2. The molecule has 0 aliphatic rings. The average molecular weight is 303 g/mol. The van der Waals surface area contributed by atoms with Crippen molar-refractivity contribution in [2.75, 3.05) is 7.05 Å². The van der Waals surface area contributed by atoms with E-state index in [1.165, 1.54) is 0 Å².